The highest BCUT2D eigenvalue weighted by molar-refractivity contribution is 6.30. The van der Waals surface area contributed by atoms with Crippen molar-refractivity contribution in [3.05, 3.63) is 10.6 Å². The number of halogens is 1. The quantitative estimate of drug-likeness (QED) is 0.488. The van der Waals surface area contributed by atoms with Gasteiger partial charge in [0.25, 0.3) is 0 Å². The highest BCUT2D eigenvalue weighted by atomic mass is 35.5. The van der Waals surface area contributed by atoms with E-state index in [2.05, 4.69) is 6.92 Å². The van der Waals surface area contributed by atoms with Crippen molar-refractivity contribution in [2.75, 3.05) is 0 Å². The van der Waals surface area contributed by atoms with E-state index in [1.165, 1.54) is 29.9 Å². The van der Waals surface area contributed by atoms with E-state index in [1.807, 2.05) is 0 Å². The molecule has 0 aromatic rings. The van der Waals surface area contributed by atoms with E-state index in [-0.39, 0.29) is 0 Å². The van der Waals surface area contributed by atoms with E-state index >= 15 is 0 Å². The molecule has 0 heterocycles. The van der Waals surface area contributed by atoms with Gasteiger partial charge >= 0.3 is 0 Å². The summed E-state index contributed by atoms with van der Waals surface area (Å²) in [5, 5.41) is 1.19. The van der Waals surface area contributed by atoms with E-state index in [1.54, 1.807) is 0 Å². The van der Waals surface area contributed by atoms with E-state index in [4.69, 9.17) is 11.6 Å². The Morgan fingerprint density at radius 3 is 2.33 bits per heavy atom. The molecule has 0 saturated heterocycles. The average Bonchev–Trinajstić information content (AvgIpc) is 2.37. The van der Waals surface area contributed by atoms with E-state index in [0.717, 1.165) is 11.8 Å². The van der Waals surface area contributed by atoms with Crippen LogP contribution in [0.4, 0.5) is 0 Å². The number of hydrogen-bond acceptors (Lipinski definition) is 0. The van der Waals surface area contributed by atoms with Gasteiger partial charge in [0.1, 0.15) is 0 Å². The van der Waals surface area contributed by atoms with Crippen molar-refractivity contribution in [1.29, 1.82) is 0 Å². The SMILES string of the molecule is CC1=C(Cl)C2CCC1C2. The predicted molar refractivity (Wildman–Crippen MR) is 39.4 cm³/mol. The summed E-state index contributed by atoms with van der Waals surface area (Å²) in [6.45, 7) is 2.19. The minimum absolute atomic E-state index is 0.761. The summed E-state index contributed by atoms with van der Waals surface area (Å²) in [6, 6.07) is 0. The van der Waals surface area contributed by atoms with Crippen LogP contribution in [0.5, 0.6) is 0 Å². The zero-order valence-electron chi connectivity index (χ0n) is 5.65. The molecule has 0 N–H and O–H groups in total. The Balaban J connectivity index is 2.36. The Labute approximate surface area is 60.9 Å². The van der Waals surface area contributed by atoms with Crippen LogP contribution in [0.3, 0.4) is 0 Å². The summed E-state index contributed by atoms with van der Waals surface area (Å²) in [5.74, 6) is 1.62. The number of hydrogen-bond donors (Lipinski definition) is 0. The number of allylic oxidation sites excluding steroid dienone is 2. The highest BCUT2D eigenvalue weighted by Gasteiger charge is 2.35. The molecule has 2 aliphatic rings. The largest absolute Gasteiger partial charge is 0.0889 e. The van der Waals surface area contributed by atoms with Crippen molar-refractivity contribution in [2.45, 2.75) is 26.2 Å². The highest BCUT2D eigenvalue weighted by Crippen LogP contribution is 2.49. The number of fused-ring (bicyclic) bond motifs is 2. The van der Waals surface area contributed by atoms with Gasteiger partial charge in [-0.15, -0.1) is 0 Å². The van der Waals surface area contributed by atoms with Gasteiger partial charge in [-0.25, -0.2) is 0 Å². The average molecular weight is 143 g/mol. The first-order chi connectivity index (χ1) is 4.29. The standard InChI is InChI=1S/C8H11Cl/c1-5-6-2-3-7(4-6)8(5)9/h6-7H,2-4H2,1H3. The summed E-state index contributed by atoms with van der Waals surface area (Å²) in [6.07, 6.45) is 4.10. The fraction of sp³-hybridized carbons (Fsp3) is 0.750. The first kappa shape index (κ1) is 5.79. The van der Waals surface area contributed by atoms with Crippen LogP contribution in [0.15, 0.2) is 10.6 Å². The third kappa shape index (κ3) is 0.660. The second kappa shape index (κ2) is 1.76. The lowest BCUT2D eigenvalue weighted by Crippen LogP contribution is -1.95. The van der Waals surface area contributed by atoms with Gasteiger partial charge in [-0.3, -0.25) is 0 Å². The molecule has 1 fully saturated rings. The van der Waals surface area contributed by atoms with Gasteiger partial charge in [0.2, 0.25) is 0 Å². The topological polar surface area (TPSA) is 0 Å². The molecule has 0 radical (unpaired) electrons. The Morgan fingerprint density at radius 1 is 1.33 bits per heavy atom. The fourth-order valence-electron chi connectivity index (χ4n) is 2.12. The molecule has 0 aromatic carbocycles. The third-order valence-corrected chi connectivity index (χ3v) is 3.39. The second-order valence-electron chi connectivity index (χ2n) is 3.24. The predicted octanol–water partition coefficient (Wildman–Crippen LogP) is 2.93. The molecule has 1 heteroatoms. The second-order valence-corrected chi connectivity index (χ2v) is 3.65. The Morgan fingerprint density at radius 2 is 2.00 bits per heavy atom. The van der Waals surface area contributed by atoms with Crippen molar-refractivity contribution in [3.63, 3.8) is 0 Å². The lowest BCUT2D eigenvalue weighted by Gasteiger charge is -2.10. The smallest absolute Gasteiger partial charge is 0.0204 e. The first-order valence-electron chi connectivity index (χ1n) is 3.65. The molecule has 0 spiro atoms. The molecule has 0 aromatic heterocycles. The van der Waals surface area contributed by atoms with E-state index in [0.29, 0.717) is 0 Å². The molecule has 2 aliphatic carbocycles. The zero-order valence-corrected chi connectivity index (χ0v) is 6.41. The summed E-state index contributed by atoms with van der Waals surface area (Å²) in [4.78, 5) is 0. The minimum Gasteiger partial charge on any atom is -0.0889 e. The van der Waals surface area contributed by atoms with Crippen LogP contribution in [0.25, 0.3) is 0 Å². The number of rotatable bonds is 0. The van der Waals surface area contributed by atoms with Crippen LogP contribution in [0.2, 0.25) is 0 Å². The van der Waals surface area contributed by atoms with E-state index in [9.17, 15) is 0 Å². The first-order valence-corrected chi connectivity index (χ1v) is 4.03. The maximum absolute atomic E-state index is 6.04. The summed E-state index contributed by atoms with van der Waals surface area (Å²) in [5.41, 5.74) is 1.48. The molecule has 50 valence electrons. The molecule has 2 bridgehead atoms. The molecular weight excluding hydrogens is 132 g/mol. The van der Waals surface area contributed by atoms with Gasteiger partial charge < -0.3 is 0 Å². The van der Waals surface area contributed by atoms with Gasteiger partial charge in [0.05, 0.1) is 0 Å². The normalized spacial score (nSPS) is 40.7. The van der Waals surface area contributed by atoms with Gasteiger partial charge in [-0.2, -0.15) is 0 Å². The zero-order chi connectivity index (χ0) is 6.43. The van der Waals surface area contributed by atoms with Gasteiger partial charge in [0.15, 0.2) is 0 Å². The van der Waals surface area contributed by atoms with Crippen molar-refractivity contribution in [3.8, 4) is 0 Å². The lowest BCUT2D eigenvalue weighted by molar-refractivity contribution is 0.657. The maximum atomic E-state index is 6.04. The molecule has 0 nitrogen and oxygen atoms in total. The molecule has 2 atom stereocenters. The van der Waals surface area contributed by atoms with Crippen LogP contribution in [-0.4, -0.2) is 0 Å². The summed E-state index contributed by atoms with van der Waals surface area (Å²) < 4.78 is 0. The fourth-order valence-corrected chi connectivity index (χ4v) is 2.47. The molecule has 1 saturated carbocycles. The van der Waals surface area contributed by atoms with Gasteiger partial charge in [-0.1, -0.05) is 17.2 Å². The Bertz CT molecular complexity index is 151. The van der Waals surface area contributed by atoms with Crippen molar-refractivity contribution >= 4 is 11.6 Å². The molecule has 9 heavy (non-hydrogen) atoms. The Kier molecular flexibility index (Phi) is 1.13. The van der Waals surface area contributed by atoms with Gasteiger partial charge in [-0.05, 0) is 38.0 Å². The molecule has 0 aliphatic heterocycles. The van der Waals surface area contributed by atoms with Crippen molar-refractivity contribution in [1.82, 2.24) is 0 Å². The van der Waals surface area contributed by atoms with Crippen molar-refractivity contribution in [2.24, 2.45) is 11.8 Å². The molecule has 2 rings (SSSR count). The minimum atomic E-state index is 0.761. The monoisotopic (exact) mass is 142 g/mol. The molecule has 0 amide bonds. The van der Waals surface area contributed by atoms with Crippen molar-refractivity contribution < 1.29 is 0 Å². The lowest BCUT2D eigenvalue weighted by atomic mass is 10.0. The molecule has 2 unspecified atom stereocenters. The van der Waals surface area contributed by atoms with E-state index < -0.39 is 0 Å². The van der Waals surface area contributed by atoms with Crippen LogP contribution >= 0.6 is 11.6 Å². The van der Waals surface area contributed by atoms with Crippen LogP contribution in [-0.2, 0) is 0 Å². The molecular formula is C8H11Cl. The van der Waals surface area contributed by atoms with Crippen LogP contribution in [0, 0.1) is 11.8 Å². The third-order valence-electron chi connectivity index (χ3n) is 2.78. The van der Waals surface area contributed by atoms with Crippen LogP contribution < -0.4 is 0 Å². The summed E-state index contributed by atoms with van der Waals surface area (Å²) >= 11 is 6.04. The maximum Gasteiger partial charge on any atom is 0.0204 e. The summed E-state index contributed by atoms with van der Waals surface area (Å²) in [7, 11) is 0. The van der Waals surface area contributed by atoms with Crippen LogP contribution in [0.1, 0.15) is 26.2 Å². The Hall–Kier alpha value is 0.0300. The van der Waals surface area contributed by atoms with Gasteiger partial charge in [0, 0.05) is 5.03 Å².